The second kappa shape index (κ2) is 4.16. The molecule has 0 aliphatic rings. The first kappa shape index (κ1) is 11.6. The number of carbonyl (C=O) groups is 1. The summed E-state index contributed by atoms with van der Waals surface area (Å²) in [5.41, 5.74) is 0.486. The van der Waals surface area contributed by atoms with Crippen LogP contribution in [0.5, 0.6) is 0 Å². The van der Waals surface area contributed by atoms with Crippen LogP contribution >= 0.6 is 27.3 Å². The van der Waals surface area contributed by atoms with Crippen LogP contribution in [-0.4, -0.2) is 16.2 Å². The maximum absolute atomic E-state index is 10.8. The van der Waals surface area contributed by atoms with E-state index in [0.29, 0.717) is 5.56 Å². The number of benzene rings is 1. The number of aliphatic hydroxyl groups is 1. The molecule has 0 bridgehead atoms. The minimum atomic E-state index is -1.47. The molecule has 0 amide bonds. The zero-order valence-corrected chi connectivity index (χ0v) is 10.8. The van der Waals surface area contributed by atoms with Gasteiger partial charge < -0.3 is 10.2 Å². The van der Waals surface area contributed by atoms with Crippen molar-refractivity contribution in [2.75, 3.05) is 0 Å². The standard InChI is InChI=1S/C11H9BrO3S/c1-5-8(10(13)11(14)15)9-6(12)3-2-4-7(9)16-5/h2-4,10,13H,1H3,(H,14,15). The minimum Gasteiger partial charge on any atom is -0.479 e. The summed E-state index contributed by atoms with van der Waals surface area (Å²) in [7, 11) is 0. The van der Waals surface area contributed by atoms with Crippen molar-refractivity contribution < 1.29 is 15.0 Å². The van der Waals surface area contributed by atoms with Gasteiger partial charge in [0.05, 0.1) is 0 Å². The lowest BCUT2D eigenvalue weighted by atomic mass is 10.1. The van der Waals surface area contributed by atoms with Crippen LogP contribution in [0, 0.1) is 6.92 Å². The highest BCUT2D eigenvalue weighted by molar-refractivity contribution is 9.10. The monoisotopic (exact) mass is 300 g/mol. The van der Waals surface area contributed by atoms with Gasteiger partial charge >= 0.3 is 5.97 Å². The van der Waals surface area contributed by atoms with E-state index in [1.54, 1.807) is 0 Å². The van der Waals surface area contributed by atoms with E-state index in [9.17, 15) is 9.90 Å². The van der Waals surface area contributed by atoms with E-state index in [2.05, 4.69) is 15.9 Å². The van der Waals surface area contributed by atoms with Gasteiger partial charge in [0.15, 0.2) is 6.10 Å². The molecule has 0 aliphatic heterocycles. The fourth-order valence-corrected chi connectivity index (χ4v) is 3.53. The Kier molecular flexibility index (Phi) is 3.01. The van der Waals surface area contributed by atoms with E-state index >= 15 is 0 Å². The molecule has 0 spiro atoms. The molecule has 1 heterocycles. The van der Waals surface area contributed by atoms with Crippen molar-refractivity contribution >= 4 is 43.3 Å². The molecule has 1 atom stereocenters. The summed E-state index contributed by atoms with van der Waals surface area (Å²) < 4.78 is 1.78. The molecular formula is C11H9BrO3S. The fourth-order valence-electron chi connectivity index (χ4n) is 1.70. The quantitative estimate of drug-likeness (QED) is 0.896. The van der Waals surface area contributed by atoms with Gasteiger partial charge in [-0.2, -0.15) is 0 Å². The molecule has 2 aromatic rings. The smallest absolute Gasteiger partial charge is 0.337 e. The Bertz CT molecular complexity index is 562. The van der Waals surface area contributed by atoms with Crippen LogP contribution in [-0.2, 0) is 4.79 Å². The van der Waals surface area contributed by atoms with E-state index in [1.807, 2.05) is 25.1 Å². The van der Waals surface area contributed by atoms with E-state index in [1.165, 1.54) is 11.3 Å². The molecule has 16 heavy (non-hydrogen) atoms. The van der Waals surface area contributed by atoms with Crippen LogP contribution in [0.25, 0.3) is 10.1 Å². The number of aliphatic hydroxyl groups excluding tert-OH is 1. The van der Waals surface area contributed by atoms with Gasteiger partial charge in [0.1, 0.15) is 0 Å². The van der Waals surface area contributed by atoms with Crippen molar-refractivity contribution in [3.05, 3.63) is 33.1 Å². The minimum absolute atomic E-state index is 0.486. The van der Waals surface area contributed by atoms with Crippen LogP contribution < -0.4 is 0 Å². The number of rotatable bonds is 2. The lowest BCUT2D eigenvalue weighted by Crippen LogP contribution is -2.10. The second-order valence-electron chi connectivity index (χ2n) is 3.43. The number of hydrogen-bond acceptors (Lipinski definition) is 3. The van der Waals surface area contributed by atoms with Crippen molar-refractivity contribution in [2.45, 2.75) is 13.0 Å². The van der Waals surface area contributed by atoms with Gasteiger partial charge in [-0.25, -0.2) is 4.79 Å². The van der Waals surface area contributed by atoms with Gasteiger partial charge in [-0.1, -0.05) is 22.0 Å². The Labute approximate surface area is 104 Å². The Balaban J connectivity index is 2.77. The van der Waals surface area contributed by atoms with Gasteiger partial charge in [-0.05, 0) is 19.1 Å². The Morgan fingerprint density at radius 2 is 2.19 bits per heavy atom. The largest absolute Gasteiger partial charge is 0.479 e. The number of carboxylic acids is 1. The van der Waals surface area contributed by atoms with E-state index in [4.69, 9.17) is 5.11 Å². The zero-order valence-electron chi connectivity index (χ0n) is 8.40. The first-order chi connectivity index (χ1) is 7.52. The third-order valence-corrected chi connectivity index (χ3v) is 4.14. The lowest BCUT2D eigenvalue weighted by Gasteiger charge is -2.06. The van der Waals surface area contributed by atoms with Crippen molar-refractivity contribution in [2.24, 2.45) is 0 Å². The van der Waals surface area contributed by atoms with Gasteiger partial charge in [0, 0.05) is 25.0 Å². The summed E-state index contributed by atoms with van der Waals surface area (Å²) in [5.74, 6) is -1.22. The summed E-state index contributed by atoms with van der Waals surface area (Å²) >= 11 is 4.87. The van der Waals surface area contributed by atoms with Crippen LogP contribution in [0.4, 0.5) is 0 Å². The summed E-state index contributed by atoms with van der Waals surface area (Å²) in [6, 6.07) is 5.64. The number of thiophene rings is 1. The number of hydrogen-bond donors (Lipinski definition) is 2. The van der Waals surface area contributed by atoms with Gasteiger partial charge in [-0.15, -0.1) is 11.3 Å². The Morgan fingerprint density at radius 1 is 1.50 bits per heavy atom. The molecule has 0 saturated carbocycles. The van der Waals surface area contributed by atoms with E-state index < -0.39 is 12.1 Å². The number of fused-ring (bicyclic) bond motifs is 1. The fraction of sp³-hybridized carbons (Fsp3) is 0.182. The number of halogens is 1. The predicted octanol–water partition coefficient (Wildman–Crippen LogP) is 3.09. The molecule has 1 unspecified atom stereocenters. The highest BCUT2D eigenvalue weighted by atomic mass is 79.9. The predicted molar refractivity (Wildman–Crippen MR) is 66.9 cm³/mol. The van der Waals surface area contributed by atoms with Crippen molar-refractivity contribution in [1.29, 1.82) is 0 Å². The zero-order chi connectivity index (χ0) is 11.9. The number of carboxylic acid groups (broad SMARTS) is 1. The van der Waals surface area contributed by atoms with Crippen LogP contribution in [0.3, 0.4) is 0 Å². The Hall–Kier alpha value is -0.910. The molecule has 0 saturated heterocycles. The molecule has 0 fully saturated rings. The van der Waals surface area contributed by atoms with Crippen LogP contribution in [0.15, 0.2) is 22.7 Å². The molecule has 1 aromatic carbocycles. The maximum Gasteiger partial charge on any atom is 0.337 e. The summed E-state index contributed by atoms with van der Waals surface area (Å²) in [5, 5.41) is 19.3. The maximum atomic E-state index is 10.8. The average molecular weight is 301 g/mol. The number of aliphatic carboxylic acids is 1. The highest BCUT2D eigenvalue weighted by Crippen LogP contribution is 2.38. The molecule has 1 aromatic heterocycles. The van der Waals surface area contributed by atoms with Gasteiger partial charge in [0.2, 0.25) is 0 Å². The third kappa shape index (κ3) is 1.75. The Morgan fingerprint density at radius 3 is 2.81 bits per heavy atom. The molecule has 0 radical (unpaired) electrons. The van der Waals surface area contributed by atoms with Crippen molar-refractivity contribution in [3.8, 4) is 0 Å². The molecule has 2 rings (SSSR count). The normalized spacial score (nSPS) is 12.9. The SMILES string of the molecule is Cc1sc2cccc(Br)c2c1C(O)C(=O)O. The topological polar surface area (TPSA) is 57.5 Å². The number of aryl methyl sites for hydroxylation is 1. The third-order valence-electron chi connectivity index (χ3n) is 2.39. The average Bonchev–Trinajstić information content (AvgIpc) is 2.54. The molecule has 3 nitrogen and oxygen atoms in total. The first-order valence-electron chi connectivity index (χ1n) is 4.60. The van der Waals surface area contributed by atoms with Gasteiger partial charge in [-0.3, -0.25) is 0 Å². The van der Waals surface area contributed by atoms with Crippen molar-refractivity contribution in [1.82, 2.24) is 0 Å². The summed E-state index contributed by atoms with van der Waals surface area (Å²) in [6.45, 7) is 1.82. The molecule has 84 valence electrons. The van der Waals surface area contributed by atoms with Gasteiger partial charge in [0.25, 0.3) is 0 Å². The molecule has 5 heteroatoms. The molecule has 0 aliphatic carbocycles. The first-order valence-corrected chi connectivity index (χ1v) is 6.21. The van der Waals surface area contributed by atoms with Crippen LogP contribution in [0.2, 0.25) is 0 Å². The summed E-state index contributed by atoms with van der Waals surface area (Å²) in [6.07, 6.45) is -1.47. The molecule has 2 N–H and O–H groups in total. The lowest BCUT2D eigenvalue weighted by molar-refractivity contribution is -0.146. The van der Waals surface area contributed by atoms with E-state index in [0.717, 1.165) is 19.4 Å². The highest BCUT2D eigenvalue weighted by Gasteiger charge is 2.23. The molecular weight excluding hydrogens is 292 g/mol. The van der Waals surface area contributed by atoms with Crippen LogP contribution in [0.1, 0.15) is 16.5 Å². The van der Waals surface area contributed by atoms with E-state index in [-0.39, 0.29) is 0 Å². The summed E-state index contributed by atoms with van der Waals surface area (Å²) in [4.78, 5) is 11.7. The van der Waals surface area contributed by atoms with Crippen molar-refractivity contribution in [3.63, 3.8) is 0 Å². The second-order valence-corrected chi connectivity index (χ2v) is 5.54.